The summed E-state index contributed by atoms with van der Waals surface area (Å²) in [6.45, 7) is 5.68. The van der Waals surface area contributed by atoms with E-state index in [0.29, 0.717) is 18.5 Å². The molecular formula is C16H24N2O3. The van der Waals surface area contributed by atoms with Crippen LogP contribution in [0.25, 0.3) is 0 Å². The number of rotatable bonds is 5. The maximum absolute atomic E-state index is 10.6. The van der Waals surface area contributed by atoms with Gasteiger partial charge in [0.05, 0.1) is 10.5 Å². The summed E-state index contributed by atoms with van der Waals surface area (Å²) in [6.07, 6.45) is 3.74. The molecule has 21 heavy (non-hydrogen) atoms. The highest BCUT2D eigenvalue weighted by atomic mass is 16.6. The van der Waals surface area contributed by atoms with Crippen LogP contribution < -0.4 is 5.32 Å². The van der Waals surface area contributed by atoms with Crippen molar-refractivity contribution in [3.05, 3.63) is 39.9 Å². The van der Waals surface area contributed by atoms with E-state index in [4.69, 9.17) is 0 Å². The lowest BCUT2D eigenvalue weighted by Crippen LogP contribution is -2.44. The monoisotopic (exact) mass is 292 g/mol. The molecule has 1 saturated carbocycles. The summed E-state index contributed by atoms with van der Waals surface area (Å²) < 4.78 is 0. The third-order valence-corrected chi connectivity index (χ3v) is 4.46. The smallest absolute Gasteiger partial charge is 0.269 e. The first kappa shape index (κ1) is 15.9. The number of non-ortho nitro benzene ring substituents is 1. The molecule has 0 unspecified atom stereocenters. The summed E-state index contributed by atoms with van der Waals surface area (Å²) in [5, 5.41) is 24.4. The van der Waals surface area contributed by atoms with Crippen molar-refractivity contribution in [2.24, 2.45) is 5.41 Å². The predicted molar refractivity (Wildman–Crippen MR) is 82.0 cm³/mol. The van der Waals surface area contributed by atoms with E-state index in [2.05, 4.69) is 19.2 Å². The van der Waals surface area contributed by atoms with Crippen molar-refractivity contribution in [1.82, 2.24) is 5.32 Å². The van der Waals surface area contributed by atoms with Gasteiger partial charge in [0.25, 0.3) is 5.69 Å². The average Bonchev–Trinajstić information content (AvgIpc) is 2.43. The van der Waals surface area contributed by atoms with Crippen molar-refractivity contribution in [3.63, 3.8) is 0 Å². The van der Waals surface area contributed by atoms with E-state index in [1.165, 1.54) is 12.1 Å². The molecule has 0 radical (unpaired) electrons. The van der Waals surface area contributed by atoms with E-state index in [9.17, 15) is 15.2 Å². The van der Waals surface area contributed by atoms with Crippen LogP contribution >= 0.6 is 0 Å². The Morgan fingerprint density at radius 3 is 2.29 bits per heavy atom. The van der Waals surface area contributed by atoms with E-state index < -0.39 is 10.5 Å². The van der Waals surface area contributed by atoms with Crippen LogP contribution in [0.4, 0.5) is 5.69 Å². The van der Waals surface area contributed by atoms with Crippen molar-refractivity contribution < 1.29 is 10.0 Å². The van der Waals surface area contributed by atoms with Crippen LogP contribution in [0, 0.1) is 15.5 Å². The third-order valence-electron chi connectivity index (χ3n) is 4.46. The normalized spacial score (nSPS) is 20.1. The number of benzene rings is 1. The van der Waals surface area contributed by atoms with Gasteiger partial charge < -0.3 is 10.4 Å². The van der Waals surface area contributed by atoms with Gasteiger partial charge in [-0.15, -0.1) is 0 Å². The first-order valence-electron chi connectivity index (χ1n) is 7.46. The molecule has 0 atom stereocenters. The molecule has 5 nitrogen and oxygen atoms in total. The number of nitro groups is 1. The lowest BCUT2D eigenvalue weighted by atomic mass is 9.71. The molecule has 1 aromatic carbocycles. The lowest BCUT2D eigenvalue weighted by molar-refractivity contribution is -0.384. The minimum atomic E-state index is -0.615. The zero-order chi connectivity index (χ0) is 15.5. The molecule has 2 rings (SSSR count). The van der Waals surface area contributed by atoms with Crippen LogP contribution in [0.1, 0.15) is 45.1 Å². The zero-order valence-electron chi connectivity index (χ0n) is 12.8. The number of nitro benzene ring substituents is 1. The molecule has 2 N–H and O–H groups in total. The molecule has 0 amide bonds. The molecule has 0 spiro atoms. The van der Waals surface area contributed by atoms with Gasteiger partial charge in [0.1, 0.15) is 0 Å². The number of aliphatic hydroxyl groups is 1. The van der Waals surface area contributed by atoms with Gasteiger partial charge in [-0.3, -0.25) is 10.1 Å². The van der Waals surface area contributed by atoms with E-state index >= 15 is 0 Å². The summed E-state index contributed by atoms with van der Waals surface area (Å²) in [4.78, 5) is 10.2. The number of hydrogen-bond acceptors (Lipinski definition) is 4. The Labute approximate surface area is 125 Å². The second-order valence-electron chi connectivity index (χ2n) is 6.92. The van der Waals surface area contributed by atoms with Crippen LogP contribution in [0.15, 0.2) is 24.3 Å². The number of hydrogen-bond donors (Lipinski definition) is 2. The summed E-state index contributed by atoms with van der Waals surface area (Å²) in [5.41, 5.74) is 0.813. The minimum Gasteiger partial charge on any atom is -0.389 e. The van der Waals surface area contributed by atoms with Gasteiger partial charge >= 0.3 is 0 Å². The molecule has 5 heteroatoms. The molecule has 1 aromatic rings. The van der Waals surface area contributed by atoms with E-state index in [1.54, 1.807) is 12.1 Å². The van der Waals surface area contributed by atoms with Gasteiger partial charge in [0.15, 0.2) is 0 Å². The molecule has 0 bridgehead atoms. The Hall–Kier alpha value is -1.46. The highest BCUT2D eigenvalue weighted by Gasteiger charge is 2.36. The largest absolute Gasteiger partial charge is 0.389 e. The fourth-order valence-electron chi connectivity index (χ4n) is 2.74. The Kier molecular flexibility index (Phi) is 4.64. The summed E-state index contributed by atoms with van der Waals surface area (Å²) in [5.74, 6) is 0. The maximum Gasteiger partial charge on any atom is 0.269 e. The first-order chi connectivity index (χ1) is 9.80. The van der Waals surface area contributed by atoms with Crippen LogP contribution in [-0.4, -0.2) is 22.2 Å². The van der Waals surface area contributed by atoms with Crippen molar-refractivity contribution >= 4 is 5.69 Å². The van der Waals surface area contributed by atoms with Gasteiger partial charge in [-0.05, 0) is 36.7 Å². The fourth-order valence-corrected chi connectivity index (χ4v) is 2.74. The van der Waals surface area contributed by atoms with Gasteiger partial charge in [0.2, 0.25) is 0 Å². The Morgan fingerprint density at radius 2 is 1.76 bits per heavy atom. The highest BCUT2D eigenvalue weighted by molar-refractivity contribution is 5.32. The van der Waals surface area contributed by atoms with Crippen molar-refractivity contribution in [3.8, 4) is 0 Å². The zero-order valence-corrected chi connectivity index (χ0v) is 12.8. The molecule has 1 fully saturated rings. The quantitative estimate of drug-likeness (QED) is 0.646. The van der Waals surface area contributed by atoms with Crippen LogP contribution in [0.3, 0.4) is 0 Å². The van der Waals surface area contributed by atoms with Crippen LogP contribution in [0.5, 0.6) is 0 Å². The molecular weight excluding hydrogens is 268 g/mol. The van der Waals surface area contributed by atoms with Gasteiger partial charge in [0, 0.05) is 25.2 Å². The molecule has 0 aliphatic heterocycles. The first-order valence-corrected chi connectivity index (χ1v) is 7.46. The fraction of sp³-hybridized carbons (Fsp3) is 0.625. The SMILES string of the molecule is CC1(C)CCC(O)(CNCc2ccc([N+](=O)[O-])cc2)CC1. The van der Waals surface area contributed by atoms with Gasteiger partial charge in [-0.1, -0.05) is 26.0 Å². The summed E-state index contributed by atoms with van der Waals surface area (Å²) in [7, 11) is 0. The second kappa shape index (κ2) is 6.12. The molecule has 1 aliphatic rings. The van der Waals surface area contributed by atoms with Crippen LogP contribution in [0.2, 0.25) is 0 Å². The molecule has 0 heterocycles. The van der Waals surface area contributed by atoms with Crippen molar-refractivity contribution in [2.45, 2.75) is 51.7 Å². The van der Waals surface area contributed by atoms with Crippen molar-refractivity contribution in [1.29, 1.82) is 0 Å². The Bertz CT molecular complexity index is 487. The van der Waals surface area contributed by atoms with E-state index in [1.807, 2.05) is 0 Å². The minimum absolute atomic E-state index is 0.104. The predicted octanol–water partition coefficient (Wildman–Crippen LogP) is 3.02. The number of nitrogens with one attached hydrogen (secondary N) is 1. The molecule has 0 aromatic heterocycles. The average molecular weight is 292 g/mol. The molecule has 116 valence electrons. The highest BCUT2D eigenvalue weighted by Crippen LogP contribution is 2.39. The topological polar surface area (TPSA) is 75.4 Å². The molecule has 1 aliphatic carbocycles. The molecule has 0 saturated heterocycles. The standard InChI is InChI=1S/C16H24N2O3/c1-15(2)7-9-16(19,10-8-15)12-17-11-13-3-5-14(6-4-13)18(20)21/h3-6,17,19H,7-12H2,1-2H3. The Morgan fingerprint density at radius 1 is 1.19 bits per heavy atom. The van der Waals surface area contributed by atoms with Gasteiger partial charge in [-0.25, -0.2) is 0 Å². The summed E-state index contributed by atoms with van der Waals surface area (Å²) in [6, 6.07) is 6.52. The van der Waals surface area contributed by atoms with E-state index in [-0.39, 0.29) is 5.69 Å². The third kappa shape index (κ3) is 4.51. The number of nitrogens with zero attached hydrogens (tertiary/aromatic N) is 1. The Balaban J connectivity index is 1.80. The van der Waals surface area contributed by atoms with Gasteiger partial charge in [-0.2, -0.15) is 0 Å². The second-order valence-corrected chi connectivity index (χ2v) is 6.92. The van der Waals surface area contributed by atoms with E-state index in [0.717, 1.165) is 31.2 Å². The van der Waals surface area contributed by atoms with Crippen molar-refractivity contribution in [2.75, 3.05) is 6.54 Å². The van der Waals surface area contributed by atoms with Crippen LogP contribution in [-0.2, 0) is 6.54 Å². The lowest BCUT2D eigenvalue weighted by Gasteiger charge is -2.40. The summed E-state index contributed by atoms with van der Waals surface area (Å²) >= 11 is 0. The maximum atomic E-state index is 10.6.